The van der Waals surface area contributed by atoms with Gasteiger partial charge in [-0.3, -0.25) is 9.48 Å². The van der Waals surface area contributed by atoms with Crippen molar-refractivity contribution in [3.05, 3.63) is 71.8 Å². The van der Waals surface area contributed by atoms with E-state index in [1.165, 1.54) is 24.3 Å². The molecule has 1 aliphatic rings. The lowest BCUT2D eigenvalue weighted by molar-refractivity contribution is -0.144. The quantitative estimate of drug-likeness (QED) is 0.548. The Morgan fingerprint density at radius 2 is 1.81 bits per heavy atom. The Bertz CT molecular complexity index is 1210. The highest BCUT2D eigenvalue weighted by molar-refractivity contribution is 7.89. The predicted octanol–water partition coefficient (Wildman–Crippen LogP) is 3.61. The SMILES string of the molecule is CCOC(=O)Cn1ncc2c1CCCC2NS(=O)(=O)c1ccc(-c2ccc(F)cc2)cc1. The van der Waals surface area contributed by atoms with Crippen LogP contribution in [0.25, 0.3) is 11.1 Å². The van der Waals surface area contributed by atoms with Crippen molar-refractivity contribution < 1.29 is 22.3 Å². The highest BCUT2D eigenvalue weighted by atomic mass is 32.2. The molecule has 1 N–H and O–H groups in total. The van der Waals surface area contributed by atoms with Crippen LogP contribution in [0, 0.1) is 5.82 Å². The predicted molar refractivity (Wildman–Crippen MR) is 117 cm³/mol. The van der Waals surface area contributed by atoms with E-state index in [-0.39, 0.29) is 23.2 Å². The zero-order valence-electron chi connectivity index (χ0n) is 17.6. The minimum Gasteiger partial charge on any atom is -0.465 e. The van der Waals surface area contributed by atoms with Gasteiger partial charge < -0.3 is 4.74 Å². The second-order valence-electron chi connectivity index (χ2n) is 7.61. The van der Waals surface area contributed by atoms with E-state index in [1.54, 1.807) is 42.1 Å². The number of carbonyl (C=O) groups is 1. The van der Waals surface area contributed by atoms with Gasteiger partial charge in [0.2, 0.25) is 10.0 Å². The zero-order valence-corrected chi connectivity index (χ0v) is 18.4. The first-order chi connectivity index (χ1) is 15.4. The molecular weight excluding hydrogens is 433 g/mol. The van der Waals surface area contributed by atoms with Gasteiger partial charge in [-0.15, -0.1) is 0 Å². The third kappa shape index (κ3) is 4.73. The maximum Gasteiger partial charge on any atom is 0.327 e. The summed E-state index contributed by atoms with van der Waals surface area (Å²) in [6.07, 6.45) is 3.76. The molecule has 168 valence electrons. The van der Waals surface area contributed by atoms with Crippen molar-refractivity contribution >= 4 is 16.0 Å². The molecule has 7 nitrogen and oxygen atoms in total. The van der Waals surface area contributed by atoms with Gasteiger partial charge in [0.05, 0.1) is 23.7 Å². The summed E-state index contributed by atoms with van der Waals surface area (Å²) in [5.41, 5.74) is 3.23. The van der Waals surface area contributed by atoms with Gasteiger partial charge in [0, 0.05) is 11.3 Å². The monoisotopic (exact) mass is 457 g/mol. The number of esters is 1. The minimum atomic E-state index is -3.77. The summed E-state index contributed by atoms with van der Waals surface area (Å²) in [5, 5.41) is 4.28. The van der Waals surface area contributed by atoms with Gasteiger partial charge in [0.25, 0.3) is 0 Å². The summed E-state index contributed by atoms with van der Waals surface area (Å²) in [6, 6.07) is 12.1. The van der Waals surface area contributed by atoms with E-state index >= 15 is 0 Å². The summed E-state index contributed by atoms with van der Waals surface area (Å²) in [7, 11) is -3.77. The zero-order chi connectivity index (χ0) is 22.7. The number of fused-ring (bicyclic) bond motifs is 1. The molecule has 0 saturated heterocycles. The molecule has 4 rings (SSSR count). The Morgan fingerprint density at radius 3 is 2.47 bits per heavy atom. The molecule has 0 saturated carbocycles. The van der Waals surface area contributed by atoms with Gasteiger partial charge in [-0.25, -0.2) is 17.5 Å². The fraction of sp³-hybridized carbons (Fsp3) is 0.304. The Labute approximate surface area is 186 Å². The summed E-state index contributed by atoms with van der Waals surface area (Å²) in [6.45, 7) is 2.05. The van der Waals surface area contributed by atoms with Crippen LogP contribution in [0.1, 0.15) is 37.1 Å². The molecule has 3 aromatic rings. The Balaban J connectivity index is 1.51. The van der Waals surface area contributed by atoms with Crippen LogP contribution in [0.2, 0.25) is 0 Å². The normalized spacial score (nSPS) is 15.9. The minimum absolute atomic E-state index is 0.00743. The first-order valence-corrected chi connectivity index (χ1v) is 11.9. The number of nitrogens with zero attached hydrogens (tertiary/aromatic N) is 2. The number of hydrogen-bond donors (Lipinski definition) is 1. The van der Waals surface area contributed by atoms with Gasteiger partial charge in [0.15, 0.2) is 0 Å². The van der Waals surface area contributed by atoms with Crippen LogP contribution < -0.4 is 4.72 Å². The first-order valence-electron chi connectivity index (χ1n) is 10.5. The second-order valence-corrected chi connectivity index (χ2v) is 9.32. The molecule has 2 aromatic carbocycles. The highest BCUT2D eigenvalue weighted by Gasteiger charge is 2.29. The van der Waals surface area contributed by atoms with E-state index in [0.717, 1.165) is 35.2 Å². The topological polar surface area (TPSA) is 90.3 Å². The van der Waals surface area contributed by atoms with Gasteiger partial charge >= 0.3 is 5.97 Å². The van der Waals surface area contributed by atoms with Gasteiger partial charge in [-0.2, -0.15) is 5.10 Å². The van der Waals surface area contributed by atoms with E-state index < -0.39 is 16.1 Å². The van der Waals surface area contributed by atoms with Crippen LogP contribution in [0.5, 0.6) is 0 Å². The molecule has 1 heterocycles. The molecule has 1 unspecified atom stereocenters. The number of carbonyl (C=O) groups excluding carboxylic acids is 1. The van der Waals surface area contributed by atoms with Crippen LogP contribution in [0.3, 0.4) is 0 Å². The molecule has 0 aliphatic heterocycles. The molecule has 0 spiro atoms. The number of aromatic nitrogens is 2. The number of hydrogen-bond acceptors (Lipinski definition) is 5. The lowest BCUT2D eigenvalue weighted by Gasteiger charge is -2.24. The molecule has 0 bridgehead atoms. The van der Waals surface area contributed by atoms with Crippen LogP contribution in [-0.2, 0) is 32.5 Å². The van der Waals surface area contributed by atoms with Crippen LogP contribution in [-0.4, -0.2) is 30.8 Å². The third-order valence-corrected chi connectivity index (χ3v) is 6.97. The van der Waals surface area contributed by atoms with Crippen molar-refractivity contribution in [2.75, 3.05) is 6.61 Å². The number of sulfonamides is 1. The summed E-state index contributed by atoms with van der Waals surface area (Å²) >= 11 is 0. The molecule has 1 aliphatic carbocycles. The Kier molecular flexibility index (Phi) is 6.38. The van der Waals surface area contributed by atoms with E-state index in [4.69, 9.17) is 4.74 Å². The van der Waals surface area contributed by atoms with Crippen molar-refractivity contribution in [2.24, 2.45) is 0 Å². The third-order valence-electron chi connectivity index (χ3n) is 5.49. The van der Waals surface area contributed by atoms with Crippen LogP contribution in [0.15, 0.2) is 59.6 Å². The smallest absolute Gasteiger partial charge is 0.327 e. The highest BCUT2D eigenvalue weighted by Crippen LogP contribution is 2.31. The molecule has 0 amide bonds. The number of rotatable bonds is 7. The van der Waals surface area contributed by atoms with Crippen molar-refractivity contribution in [1.82, 2.24) is 14.5 Å². The second kappa shape index (κ2) is 9.22. The lowest BCUT2D eigenvalue weighted by atomic mass is 9.94. The maximum atomic E-state index is 13.1. The fourth-order valence-corrected chi connectivity index (χ4v) is 5.18. The van der Waals surface area contributed by atoms with Gasteiger partial charge in [0.1, 0.15) is 12.4 Å². The summed E-state index contributed by atoms with van der Waals surface area (Å²) < 4.78 is 48.5. The molecule has 1 atom stereocenters. The number of ether oxygens (including phenoxy) is 1. The maximum absolute atomic E-state index is 13.1. The molecule has 0 radical (unpaired) electrons. The Morgan fingerprint density at radius 1 is 1.16 bits per heavy atom. The molecular formula is C23H24FN3O4S. The summed E-state index contributed by atoms with van der Waals surface area (Å²) in [5.74, 6) is -0.697. The first kappa shape index (κ1) is 22.2. The van der Waals surface area contributed by atoms with Gasteiger partial charge in [-0.05, 0) is 61.6 Å². The van der Waals surface area contributed by atoms with E-state index in [9.17, 15) is 17.6 Å². The van der Waals surface area contributed by atoms with E-state index in [2.05, 4.69) is 9.82 Å². The molecule has 1 aromatic heterocycles. The van der Waals surface area contributed by atoms with Gasteiger partial charge in [-0.1, -0.05) is 24.3 Å². The molecule has 9 heteroatoms. The Hall–Kier alpha value is -3.04. The van der Waals surface area contributed by atoms with Crippen molar-refractivity contribution in [3.8, 4) is 11.1 Å². The number of nitrogens with one attached hydrogen (secondary N) is 1. The van der Waals surface area contributed by atoms with Crippen LogP contribution in [0.4, 0.5) is 4.39 Å². The average Bonchev–Trinajstić information content (AvgIpc) is 3.18. The van der Waals surface area contributed by atoms with Crippen molar-refractivity contribution in [2.45, 2.75) is 43.7 Å². The average molecular weight is 458 g/mol. The van der Waals surface area contributed by atoms with Crippen molar-refractivity contribution in [1.29, 1.82) is 0 Å². The molecule has 32 heavy (non-hydrogen) atoms. The fourth-order valence-electron chi connectivity index (χ4n) is 3.93. The van der Waals surface area contributed by atoms with Crippen LogP contribution >= 0.6 is 0 Å². The number of halogens is 1. The lowest BCUT2D eigenvalue weighted by Crippen LogP contribution is -2.31. The number of benzene rings is 2. The molecule has 0 fully saturated rings. The van der Waals surface area contributed by atoms with E-state index in [1.807, 2.05) is 0 Å². The van der Waals surface area contributed by atoms with E-state index in [0.29, 0.717) is 13.0 Å². The largest absolute Gasteiger partial charge is 0.465 e. The summed E-state index contributed by atoms with van der Waals surface area (Å²) in [4.78, 5) is 12.0. The van der Waals surface area contributed by atoms with Crippen molar-refractivity contribution in [3.63, 3.8) is 0 Å². The standard InChI is InChI=1S/C23H24FN3O4S/c1-2-31-23(28)15-27-22-5-3-4-21(20(22)14-25-27)26-32(29,30)19-12-8-17(9-13-19)16-6-10-18(24)11-7-16/h6-14,21,26H,2-5,15H2,1H3.